The van der Waals surface area contributed by atoms with Gasteiger partial charge in [0.2, 0.25) is 5.91 Å². The molecule has 3 heterocycles. The summed E-state index contributed by atoms with van der Waals surface area (Å²) in [5.74, 6) is -3.06. The molecule has 3 fully saturated rings. The minimum Gasteiger partial charge on any atom is -0.466 e. The van der Waals surface area contributed by atoms with Gasteiger partial charge in [-0.3, -0.25) is 14.4 Å². The van der Waals surface area contributed by atoms with E-state index in [2.05, 4.69) is 6.58 Å². The summed E-state index contributed by atoms with van der Waals surface area (Å²) in [5, 5.41) is 11.1. The number of anilines is 1. The fourth-order valence-corrected chi connectivity index (χ4v) is 6.94. The quantitative estimate of drug-likeness (QED) is 0.374. The largest absolute Gasteiger partial charge is 0.466 e. The number of halogens is 1. The highest BCUT2D eigenvalue weighted by Gasteiger charge is 2.79. The van der Waals surface area contributed by atoms with Gasteiger partial charge in [-0.05, 0) is 56.5 Å². The first-order valence-corrected chi connectivity index (χ1v) is 13.6. The number of fused-ring (bicyclic) bond motifs is 1. The van der Waals surface area contributed by atoms with Crippen molar-refractivity contribution in [3.63, 3.8) is 0 Å². The second-order valence-corrected chi connectivity index (χ2v) is 11.0. The minimum absolute atomic E-state index is 0.165. The second kappa shape index (κ2) is 10.4. The molecule has 2 unspecified atom stereocenters. The van der Waals surface area contributed by atoms with Crippen LogP contribution in [0.4, 0.5) is 5.69 Å². The Morgan fingerprint density at radius 2 is 1.92 bits per heavy atom. The van der Waals surface area contributed by atoms with E-state index in [1.807, 2.05) is 37.3 Å². The van der Waals surface area contributed by atoms with Gasteiger partial charge in [-0.15, -0.1) is 6.58 Å². The number of hydrogen-bond acceptors (Lipinski definition) is 6. The van der Waals surface area contributed by atoms with E-state index in [0.717, 1.165) is 0 Å². The highest BCUT2D eigenvalue weighted by Crippen LogP contribution is 2.64. The Morgan fingerprint density at radius 3 is 2.54 bits per heavy atom. The van der Waals surface area contributed by atoms with Gasteiger partial charge in [-0.25, -0.2) is 0 Å². The number of hydrogen-bond donors (Lipinski definition) is 1. The van der Waals surface area contributed by atoms with Crippen molar-refractivity contribution >= 4 is 35.1 Å². The van der Waals surface area contributed by atoms with Crippen molar-refractivity contribution in [1.82, 2.24) is 4.90 Å². The number of aliphatic hydroxyl groups excluding tert-OH is 1. The summed E-state index contributed by atoms with van der Waals surface area (Å²) in [6.07, 6.45) is 2.52. The van der Waals surface area contributed by atoms with Crippen LogP contribution >= 0.6 is 11.6 Å². The smallest absolute Gasteiger partial charge is 0.312 e. The first-order valence-electron chi connectivity index (χ1n) is 13.2. The number of aliphatic hydroxyl groups is 1. The zero-order chi connectivity index (χ0) is 27.9. The molecule has 2 bridgehead atoms. The van der Waals surface area contributed by atoms with Crippen LogP contribution in [-0.4, -0.2) is 64.8 Å². The lowest BCUT2D eigenvalue weighted by molar-refractivity contribution is -0.160. The highest BCUT2D eigenvalue weighted by atomic mass is 35.5. The normalized spacial score (nSPS) is 29.7. The van der Waals surface area contributed by atoms with Gasteiger partial charge in [0.25, 0.3) is 5.91 Å². The SMILES string of the molecule is C=CCN(C(=O)C1N([C@H](CO)c2ccccc2)C(=O)[C@@H]2[C@@H](C(=O)OCC)[C@@]3(C)CCC12O3)c1ccc(Cl)cc1. The van der Waals surface area contributed by atoms with Crippen LogP contribution in [0.1, 0.15) is 38.3 Å². The van der Waals surface area contributed by atoms with Crippen molar-refractivity contribution in [2.75, 3.05) is 24.7 Å². The number of esters is 1. The molecule has 9 heteroatoms. The standard InChI is InChI=1S/C30H33ClN2O6/c1-4-17-32(21-13-11-20(31)12-14-21)27(36)25-30-16-15-29(3,39-30)24(28(37)38-5-2)23(30)26(35)33(25)22(18-34)19-9-7-6-8-10-19/h4,6-14,22-25,34H,1,5,15-18H2,2-3H3/t22-,23+,24+,25?,29-,30?/m1/s1. The molecule has 3 aliphatic heterocycles. The third kappa shape index (κ3) is 4.26. The summed E-state index contributed by atoms with van der Waals surface area (Å²) in [6.45, 7) is 7.30. The predicted molar refractivity (Wildman–Crippen MR) is 146 cm³/mol. The summed E-state index contributed by atoms with van der Waals surface area (Å²) >= 11 is 6.11. The number of nitrogens with zero attached hydrogens (tertiary/aromatic N) is 2. The van der Waals surface area contributed by atoms with Gasteiger partial charge >= 0.3 is 5.97 Å². The summed E-state index contributed by atoms with van der Waals surface area (Å²) in [5.41, 5.74) is -0.938. The Labute approximate surface area is 233 Å². The predicted octanol–water partition coefficient (Wildman–Crippen LogP) is 3.92. The number of benzene rings is 2. The molecule has 206 valence electrons. The average Bonchev–Trinajstić information content (AvgIpc) is 3.50. The molecule has 1 spiro atoms. The number of carbonyl (C=O) groups is 3. The number of ether oxygens (including phenoxy) is 2. The molecule has 0 aliphatic carbocycles. The average molecular weight is 553 g/mol. The molecule has 0 radical (unpaired) electrons. The van der Waals surface area contributed by atoms with E-state index in [-0.39, 0.29) is 19.1 Å². The number of carbonyl (C=O) groups excluding carboxylic acids is 3. The molecule has 6 atom stereocenters. The Morgan fingerprint density at radius 1 is 1.23 bits per heavy atom. The van der Waals surface area contributed by atoms with Crippen molar-refractivity contribution in [1.29, 1.82) is 0 Å². The fourth-order valence-electron chi connectivity index (χ4n) is 6.82. The van der Waals surface area contributed by atoms with Gasteiger partial charge in [0.05, 0.1) is 30.8 Å². The van der Waals surface area contributed by atoms with Gasteiger partial charge in [-0.1, -0.05) is 48.0 Å². The van der Waals surface area contributed by atoms with E-state index in [0.29, 0.717) is 29.1 Å². The molecule has 2 amide bonds. The summed E-state index contributed by atoms with van der Waals surface area (Å²) in [4.78, 5) is 45.3. The Kier molecular flexibility index (Phi) is 7.31. The molecule has 8 nitrogen and oxygen atoms in total. The molecular weight excluding hydrogens is 520 g/mol. The van der Waals surface area contributed by atoms with Gasteiger partial charge in [0, 0.05) is 17.3 Å². The van der Waals surface area contributed by atoms with Crippen LogP contribution in [-0.2, 0) is 23.9 Å². The van der Waals surface area contributed by atoms with Crippen LogP contribution in [0.3, 0.4) is 0 Å². The molecule has 2 aromatic carbocycles. The molecule has 1 N–H and O–H groups in total. The van der Waals surface area contributed by atoms with Crippen LogP contribution in [0, 0.1) is 11.8 Å². The maximum atomic E-state index is 14.6. The van der Waals surface area contributed by atoms with Gasteiger partial charge < -0.3 is 24.4 Å². The monoisotopic (exact) mass is 552 g/mol. The number of amides is 2. The fraction of sp³-hybridized carbons (Fsp3) is 0.433. The topological polar surface area (TPSA) is 96.4 Å². The lowest BCUT2D eigenvalue weighted by Gasteiger charge is -2.39. The molecular formula is C30H33ClN2O6. The van der Waals surface area contributed by atoms with Crippen LogP contribution in [0.5, 0.6) is 0 Å². The van der Waals surface area contributed by atoms with Crippen LogP contribution in [0.2, 0.25) is 5.02 Å². The molecule has 39 heavy (non-hydrogen) atoms. The Hall–Kier alpha value is -3.20. The lowest BCUT2D eigenvalue weighted by Crippen LogP contribution is -2.57. The van der Waals surface area contributed by atoms with Crippen molar-refractivity contribution in [3.8, 4) is 0 Å². The van der Waals surface area contributed by atoms with Crippen molar-refractivity contribution in [2.24, 2.45) is 11.8 Å². The van der Waals surface area contributed by atoms with E-state index >= 15 is 0 Å². The molecule has 0 aromatic heterocycles. The number of rotatable bonds is 9. The zero-order valence-corrected chi connectivity index (χ0v) is 22.8. The van der Waals surface area contributed by atoms with Crippen LogP contribution in [0.15, 0.2) is 67.3 Å². The van der Waals surface area contributed by atoms with Crippen LogP contribution < -0.4 is 4.90 Å². The van der Waals surface area contributed by atoms with Crippen LogP contribution in [0.25, 0.3) is 0 Å². The summed E-state index contributed by atoms with van der Waals surface area (Å²) < 4.78 is 12.1. The first-order chi connectivity index (χ1) is 18.7. The summed E-state index contributed by atoms with van der Waals surface area (Å²) in [7, 11) is 0. The van der Waals surface area contributed by atoms with E-state index in [1.165, 1.54) is 4.90 Å². The summed E-state index contributed by atoms with van der Waals surface area (Å²) in [6, 6.07) is 14.0. The van der Waals surface area contributed by atoms with E-state index in [9.17, 15) is 19.5 Å². The Balaban J connectivity index is 1.66. The van der Waals surface area contributed by atoms with Crippen molar-refractivity contribution in [3.05, 3.63) is 77.8 Å². The van der Waals surface area contributed by atoms with Gasteiger partial charge in [0.15, 0.2) is 0 Å². The lowest BCUT2D eigenvalue weighted by atomic mass is 9.66. The Bertz CT molecular complexity index is 1270. The molecule has 0 saturated carbocycles. The van der Waals surface area contributed by atoms with Crippen molar-refractivity contribution in [2.45, 2.75) is 50.0 Å². The molecule has 5 rings (SSSR count). The van der Waals surface area contributed by atoms with E-state index in [4.69, 9.17) is 21.1 Å². The molecule has 3 saturated heterocycles. The molecule has 2 aromatic rings. The number of likely N-dealkylation sites (tertiary alicyclic amines) is 1. The third-order valence-corrected chi connectivity index (χ3v) is 8.65. The zero-order valence-electron chi connectivity index (χ0n) is 22.1. The highest BCUT2D eigenvalue weighted by molar-refractivity contribution is 6.30. The first kappa shape index (κ1) is 27.4. The van der Waals surface area contributed by atoms with Gasteiger partial charge in [-0.2, -0.15) is 0 Å². The maximum absolute atomic E-state index is 14.6. The minimum atomic E-state index is -1.26. The van der Waals surface area contributed by atoms with Gasteiger partial charge in [0.1, 0.15) is 17.6 Å². The van der Waals surface area contributed by atoms with E-state index in [1.54, 1.807) is 42.2 Å². The third-order valence-electron chi connectivity index (χ3n) is 8.40. The van der Waals surface area contributed by atoms with Crippen molar-refractivity contribution < 1.29 is 29.0 Å². The second-order valence-electron chi connectivity index (χ2n) is 10.5. The molecule has 3 aliphatic rings. The van der Waals surface area contributed by atoms with E-state index < -0.39 is 53.6 Å². The maximum Gasteiger partial charge on any atom is 0.312 e.